The first-order valence-corrected chi connectivity index (χ1v) is 9.18. The number of aromatic nitrogens is 3. The van der Waals surface area contributed by atoms with E-state index >= 15 is 0 Å². The Labute approximate surface area is 163 Å². The Balaban J connectivity index is 1.33. The summed E-state index contributed by atoms with van der Waals surface area (Å²) in [5, 5.41) is 7.27. The number of amides is 1. The van der Waals surface area contributed by atoms with Crippen molar-refractivity contribution in [3.8, 4) is 0 Å². The summed E-state index contributed by atoms with van der Waals surface area (Å²) in [6, 6.07) is 16.1. The minimum absolute atomic E-state index is 0.227. The van der Waals surface area contributed by atoms with Crippen LogP contribution in [-0.4, -0.2) is 27.4 Å². The van der Waals surface area contributed by atoms with Gasteiger partial charge in [0.2, 0.25) is 0 Å². The normalized spacial score (nSPS) is 10.8. The predicted octanol–water partition coefficient (Wildman–Crippen LogP) is 3.98. The Kier molecular flexibility index (Phi) is 5.01. The lowest BCUT2D eigenvalue weighted by molar-refractivity contribution is 0.0949. The first-order chi connectivity index (χ1) is 13.7. The zero-order chi connectivity index (χ0) is 19.3. The van der Waals surface area contributed by atoms with Crippen molar-refractivity contribution < 1.29 is 4.79 Å². The maximum Gasteiger partial charge on any atom is 0.271 e. The van der Waals surface area contributed by atoms with E-state index in [4.69, 9.17) is 0 Å². The van der Waals surface area contributed by atoms with Crippen LogP contribution in [0.2, 0.25) is 0 Å². The van der Waals surface area contributed by atoms with Crippen LogP contribution < -0.4 is 10.6 Å². The van der Waals surface area contributed by atoms with Crippen LogP contribution in [0.25, 0.3) is 10.9 Å². The minimum Gasteiger partial charge on any atom is -0.361 e. The number of nitrogens with zero attached hydrogens (tertiary/aromatic N) is 2. The minimum atomic E-state index is -0.227. The van der Waals surface area contributed by atoms with Crippen molar-refractivity contribution in [2.24, 2.45) is 0 Å². The van der Waals surface area contributed by atoms with Crippen molar-refractivity contribution in [1.82, 2.24) is 20.3 Å². The Morgan fingerprint density at radius 1 is 1.07 bits per heavy atom. The number of para-hydroxylation sites is 1. The van der Waals surface area contributed by atoms with Crippen molar-refractivity contribution in [2.75, 3.05) is 11.9 Å². The molecule has 0 bridgehead atoms. The maximum absolute atomic E-state index is 12.3. The molecule has 6 nitrogen and oxygen atoms in total. The number of carbonyl (C=O) groups is 1. The number of benzene rings is 2. The number of H-pyrrole nitrogens is 1. The highest BCUT2D eigenvalue weighted by molar-refractivity contribution is 5.92. The molecule has 0 saturated carbocycles. The van der Waals surface area contributed by atoms with Gasteiger partial charge in [0.1, 0.15) is 11.5 Å². The van der Waals surface area contributed by atoms with Gasteiger partial charge in [-0.05, 0) is 42.7 Å². The van der Waals surface area contributed by atoms with Crippen molar-refractivity contribution in [3.05, 3.63) is 83.9 Å². The number of rotatable bonds is 6. The lowest BCUT2D eigenvalue weighted by Gasteiger charge is -2.07. The molecule has 6 heteroatoms. The topological polar surface area (TPSA) is 82.7 Å². The van der Waals surface area contributed by atoms with Gasteiger partial charge in [0.25, 0.3) is 5.91 Å². The molecule has 0 aliphatic heterocycles. The van der Waals surface area contributed by atoms with Gasteiger partial charge in [-0.2, -0.15) is 0 Å². The van der Waals surface area contributed by atoms with Gasteiger partial charge in [0.05, 0.1) is 12.4 Å². The molecule has 0 spiro atoms. The van der Waals surface area contributed by atoms with E-state index in [9.17, 15) is 4.79 Å². The van der Waals surface area contributed by atoms with Crippen LogP contribution in [0.15, 0.2) is 67.1 Å². The highest BCUT2D eigenvalue weighted by Gasteiger charge is 2.09. The molecular formula is C22H21N5O. The highest BCUT2D eigenvalue weighted by atomic mass is 16.1. The summed E-state index contributed by atoms with van der Waals surface area (Å²) in [5.41, 5.74) is 4.68. The quantitative estimate of drug-likeness (QED) is 0.479. The third-order valence-corrected chi connectivity index (χ3v) is 4.53. The molecule has 28 heavy (non-hydrogen) atoms. The number of fused-ring (bicyclic) bond motifs is 1. The van der Waals surface area contributed by atoms with Gasteiger partial charge in [-0.15, -0.1) is 0 Å². The standard InChI is InChI=1S/C22H21N5O/c1-15-5-4-6-17(11-15)27-21-14-25-20(13-26-21)22(28)23-10-9-16-12-24-19-8-3-2-7-18(16)19/h2-8,11-14,24H,9-10H2,1H3,(H,23,28)(H,26,27). The molecular weight excluding hydrogens is 350 g/mol. The average molecular weight is 371 g/mol. The van der Waals surface area contributed by atoms with Crippen molar-refractivity contribution in [2.45, 2.75) is 13.3 Å². The molecule has 1 amide bonds. The summed E-state index contributed by atoms with van der Waals surface area (Å²) in [6.07, 6.45) is 5.79. The van der Waals surface area contributed by atoms with E-state index in [-0.39, 0.29) is 5.91 Å². The van der Waals surface area contributed by atoms with E-state index in [2.05, 4.69) is 31.7 Å². The lowest BCUT2D eigenvalue weighted by Crippen LogP contribution is -2.26. The van der Waals surface area contributed by atoms with E-state index in [1.54, 1.807) is 6.20 Å². The van der Waals surface area contributed by atoms with Crippen molar-refractivity contribution in [1.29, 1.82) is 0 Å². The summed E-state index contributed by atoms with van der Waals surface area (Å²) in [5.74, 6) is 0.371. The fourth-order valence-electron chi connectivity index (χ4n) is 3.12. The molecule has 0 aliphatic rings. The molecule has 2 aromatic heterocycles. The Hall–Kier alpha value is -3.67. The molecule has 4 aromatic rings. The van der Waals surface area contributed by atoms with E-state index in [1.165, 1.54) is 17.1 Å². The van der Waals surface area contributed by atoms with Crippen LogP contribution in [0.5, 0.6) is 0 Å². The molecule has 140 valence electrons. The van der Waals surface area contributed by atoms with Crippen LogP contribution >= 0.6 is 0 Å². The summed E-state index contributed by atoms with van der Waals surface area (Å²) in [4.78, 5) is 24.1. The van der Waals surface area contributed by atoms with Gasteiger partial charge < -0.3 is 15.6 Å². The summed E-state index contributed by atoms with van der Waals surface area (Å²) < 4.78 is 0. The molecule has 0 atom stereocenters. The van der Waals surface area contributed by atoms with Gasteiger partial charge in [-0.1, -0.05) is 30.3 Å². The number of carbonyl (C=O) groups excluding carboxylic acids is 1. The van der Waals surface area contributed by atoms with Crippen LogP contribution in [0.1, 0.15) is 21.6 Å². The van der Waals surface area contributed by atoms with Crippen molar-refractivity contribution in [3.63, 3.8) is 0 Å². The van der Waals surface area contributed by atoms with Gasteiger partial charge in [-0.3, -0.25) is 4.79 Å². The molecule has 0 radical (unpaired) electrons. The molecule has 2 aromatic carbocycles. The van der Waals surface area contributed by atoms with E-state index in [0.717, 1.165) is 23.2 Å². The molecule has 0 saturated heterocycles. The van der Waals surface area contributed by atoms with Gasteiger partial charge in [-0.25, -0.2) is 9.97 Å². The van der Waals surface area contributed by atoms with Crippen molar-refractivity contribution >= 4 is 28.3 Å². The van der Waals surface area contributed by atoms with Crippen LogP contribution in [-0.2, 0) is 6.42 Å². The van der Waals surface area contributed by atoms with Gasteiger partial charge in [0, 0.05) is 29.3 Å². The Morgan fingerprint density at radius 2 is 1.96 bits per heavy atom. The zero-order valence-corrected chi connectivity index (χ0v) is 15.6. The largest absolute Gasteiger partial charge is 0.361 e. The molecule has 0 unspecified atom stereocenters. The smallest absolute Gasteiger partial charge is 0.271 e. The summed E-state index contributed by atoms with van der Waals surface area (Å²) in [6.45, 7) is 2.56. The predicted molar refractivity (Wildman–Crippen MR) is 111 cm³/mol. The first kappa shape index (κ1) is 17.7. The second-order valence-electron chi connectivity index (χ2n) is 6.65. The second-order valence-corrected chi connectivity index (χ2v) is 6.65. The summed E-state index contributed by atoms with van der Waals surface area (Å²) in [7, 11) is 0. The van der Waals surface area contributed by atoms with E-state index < -0.39 is 0 Å². The summed E-state index contributed by atoms with van der Waals surface area (Å²) >= 11 is 0. The highest BCUT2D eigenvalue weighted by Crippen LogP contribution is 2.18. The lowest BCUT2D eigenvalue weighted by atomic mass is 10.1. The van der Waals surface area contributed by atoms with Gasteiger partial charge >= 0.3 is 0 Å². The number of aromatic amines is 1. The van der Waals surface area contributed by atoms with Gasteiger partial charge in [0.15, 0.2) is 0 Å². The fraction of sp³-hybridized carbons (Fsp3) is 0.136. The number of hydrogen-bond donors (Lipinski definition) is 3. The third-order valence-electron chi connectivity index (χ3n) is 4.53. The van der Waals surface area contributed by atoms with E-state index in [0.29, 0.717) is 18.1 Å². The molecule has 2 heterocycles. The molecule has 4 rings (SSSR count). The molecule has 0 aliphatic carbocycles. The Morgan fingerprint density at radius 3 is 2.79 bits per heavy atom. The maximum atomic E-state index is 12.3. The van der Waals surface area contributed by atoms with Crippen LogP contribution in [0.4, 0.5) is 11.5 Å². The Bertz CT molecular complexity index is 1100. The first-order valence-electron chi connectivity index (χ1n) is 9.18. The molecule has 0 fully saturated rings. The van der Waals surface area contributed by atoms with E-state index in [1.807, 2.05) is 55.6 Å². The van der Waals surface area contributed by atoms with Crippen LogP contribution in [0.3, 0.4) is 0 Å². The number of nitrogens with one attached hydrogen (secondary N) is 3. The van der Waals surface area contributed by atoms with Crippen LogP contribution in [0, 0.1) is 6.92 Å². The number of aryl methyl sites for hydroxylation is 1. The fourth-order valence-corrected chi connectivity index (χ4v) is 3.12. The third kappa shape index (κ3) is 4.01. The number of anilines is 2. The second kappa shape index (κ2) is 7.92. The molecule has 3 N–H and O–H groups in total. The SMILES string of the molecule is Cc1cccc(Nc2cnc(C(=O)NCCc3c[nH]c4ccccc34)cn2)c1. The average Bonchev–Trinajstić information content (AvgIpc) is 3.12. The zero-order valence-electron chi connectivity index (χ0n) is 15.6. The number of hydrogen-bond acceptors (Lipinski definition) is 4. The monoisotopic (exact) mass is 371 g/mol.